The third-order valence-corrected chi connectivity index (χ3v) is 3.69. The van der Waals surface area contributed by atoms with Gasteiger partial charge < -0.3 is 4.43 Å². The normalized spacial score (nSPS) is 18.3. The molecule has 1 saturated carbocycles. The molecule has 0 bridgehead atoms. The van der Waals surface area contributed by atoms with Crippen molar-refractivity contribution in [2.24, 2.45) is 0 Å². The Balaban J connectivity index is 1.76. The van der Waals surface area contributed by atoms with Crippen LogP contribution in [0.15, 0.2) is 30.3 Å². The van der Waals surface area contributed by atoms with Gasteiger partial charge in [0.25, 0.3) is 9.76 Å². The van der Waals surface area contributed by atoms with Gasteiger partial charge in [-0.3, -0.25) is 0 Å². The lowest BCUT2D eigenvalue weighted by atomic mass is 9.98. The minimum absolute atomic E-state index is 0.530. The van der Waals surface area contributed by atoms with Crippen LogP contribution >= 0.6 is 0 Å². The Morgan fingerprint density at radius 1 is 1.00 bits per heavy atom. The van der Waals surface area contributed by atoms with Crippen molar-refractivity contribution in [3.63, 3.8) is 0 Å². The number of hydrogen-bond acceptors (Lipinski definition) is 1. The molecule has 1 nitrogen and oxygen atoms in total. The molecule has 74 valence electrons. The van der Waals surface area contributed by atoms with E-state index in [1.54, 1.807) is 0 Å². The van der Waals surface area contributed by atoms with Gasteiger partial charge in [0.2, 0.25) is 0 Å². The van der Waals surface area contributed by atoms with E-state index < -0.39 is 0 Å². The fourth-order valence-corrected chi connectivity index (χ4v) is 2.71. The molecule has 2 radical (unpaired) electrons. The third-order valence-electron chi connectivity index (χ3n) is 2.67. The molecule has 0 aliphatic heterocycles. The SMILES string of the molecule is c1ccc([Si]OC2CCCCC2)cc1. The summed E-state index contributed by atoms with van der Waals surface area (Å²) in [6.07, 6.45) is 7.16. The zero-order valence-electron chi connectivity index (χ0n) is 8.41. The minimum atomic E-state index is 0.530. The van der Waals surface area contributed by atoms with Gasteiger partial charge in [0, 0.05) is 6.10 Å². The molecule has 0 saturated heterocycles. The highest BCUT2D eigenvalue weighted by Gasteiger charge is 2.13. The van der Waals surface area contributed by atoms with Crippen molar-refractivity contribution < 1.29 is 4.43 Å². The molecule has 0 aromatic heterocycles. The lowest BCUT2D eigenvalue weighted by Crippen LogP contribution is -2.25. The van der Waals surface area contributed by atoms with Gasteiger partial charge >= 0.3 is 0 Å². The quantitative estimate of drug-likeness (QED) is 0.686. The second kappa shape index (κ2) is 5.32. The third kappa shape index (κ3) is 2.96. The molecule has 1 aromatic rings. The van der Waals surface area contributed by atoms with Crippen LogP contribution in [0.5, 0.6) is 0 Å². The van der Waals surface area contributed by atoms with Gasteiger partial charge in [0.05, 0.1) is 0 Å². The van der Waals surface area contributed by atoms with Gasteiger partial charge in [0.1, 0.15) is 0 Å². The maximum absolute atomic E-state index is 5.90. The van der Waals surface area contributed by atoms with Crippen LogP contribution < -0.4 is 5.19 Å². The zero-order chi connectivity index (χ0) is 9.64. The van der Waals surface area contributed by atoms with E-state index in [0.29, 0.717) is 15.9 Å². The first-order valence-electron chi connectivity index (χ1n) is 5.42. The Hall–Kier alpha value is -0.603. The molecule has 1 fully saturated rings. The van der Waals surface area contributed by atoms with E-state index in [9.17, 15) is 0 Å². The largest absolute Gasteiger partial charge is 0.409 e. The summed E-state index contributed by atoms with van der Waals surface area (Å²) in [6.45, 7) is 0. The van der Waals surface area contributed by atoms with Crippen molar-refractivity contribution in [2.45, 2.75) is 38.2 Å². The van der Waals surface area contributed by atoms with Gasteiger partial charge in [-0.1, -0.05) is 49.6 Å². The fraction of sp³-hybridized carbons (Fsp3) is 0.500. The van der Waals surface area contributed by atoms with Gasteiger partial charge in [-0.2, -0.15) is 0 Å². The van der Waals surface area contributed by atoms with E-state index in [-0.39, 0.29) is 0 Å². The molecule has 14 heavy (non-hydrogen) atoms. The van der Waals surface area contributed by atoms with E-state index >= 15 is 0 Å². The average molecular weight is 204 g/mol. The molecule has 0 N–H and O–H groups in total. The van der Waals surface area contributed by atoms with Gasteiger partial charge in [-0.25, -0.2) is 0 Å². The molecule has 0 heterocycles. The standard InChI is InChI=1S/C12H16OSi/c1-3-7-11(8-4-1)13-14-12-9-5-2-6-10-12/h2,5-6,9-11H,1,3-4,7-8H2. The molecular formula is C12H16OSi. The molecule has 1 aliphatic rings. The van der Waals surface area contributed by atoms with Crippen LogP contribution in [0.4, 0.5) is 0 Å². The van der Waals surface area contributed by atoms with Crippen LogP contribution in [-0.2, 0) is 4.43 Å². The first-order valence-corrected chi connectivity index (χ1v) is 6.33. The first kappa shape index (κ1) is 9.93. The van der Waals surface area contributed by atoms with Crippen LogP contribution in [0.2, 0.25) is 0 Å². The molecule has 0 amide bonds. The van der Waals surface area contributed by atoms with Crippen LogP contribution in [0.3, 0.4) is 0 Å². The van der Waals surface area contributed by atoms with E-state index in [0.717, 1.165) is 0 Å². The topological polar surface area (TPSA) is 9.23 Å². The van der Waals surface area contributed by atoms with Crippen molar-refractivity contribution >= 4 is 14.9 Å². The minimum Gasteiger partial charge on any atom is -0.409 e. The summed E-state index contributed by atoms with van der Waals surface area (Å²) >= 11 is 0. The molecule has 2 rings (SSSR count). The molecule has 1 aromatic carbocycles. The predicted octanol–water partition coefficient (Wildman–Crippen LogP) is 2.28. The van der Waals surface area contributed by atoms with E-state index in [1.807, 2.05) is 0 Å². The Morgan fingerprint density at radius 2 is 1.71 bits per heavy atom. The summed E-state index contributed by atoms with van der Waals surface area (Å²) in [5, 5.41) is 1.32. The molecule has 1 aliphatic carbocycles. The van der Waals surface area contributed by atoms with E-state index in [4.69, 9.17) is 4.43 Å². The van der Waals surface area contributed by atoms with Crippen molar-refractivity contribution in [2.75, 3.05) is 0 Å². The molecule has 0 unspecified atom stereocenters. The van der Waals surface area contributed by atoms with Gasteiger partial charge in [-0.05, 0) is 18.0 Å². The highest BCUT2D eigenvalue weighted by atomic mass is 28.2. The second-order valence-corrected chi connectivity index (χ2v) is 4.86. The van der Waals surface area contributed by atoms with Crippen molar-refractivity contribution in [3.05, 3.63) is 30.3 Å². The molecule has 2 heteroatoms. The van der Waals surface area contributed by atoms with Crippen molar-refractivity contribution in [1.29, 1.82) is 0 Å². The Labute approximate surface area is 88.4 Å². The average Bonchev–Trinajstić information content (AvgIpc) is 2.29. The lowest BCUT2D eigenvalue weighted by Gasteiger charge is -2.21. The van der Waals surface area contributed by atoms with Crippen LogP contribution in [0, 0.1) is 0 Å². The lowest BCUT2D eigenvalue weighted by molar-refractivity contribution is 0.165. The monoisotopic (exact) mass is 204 g/mol. The van der Waals surface area contributed by atoms with Gasteiger partial charge in [-0.15, -0.1) is 0 Å². The second-order valence-electron chi connectivity index (χ2n) is 3.85. The van der Waals surface area contributed by atoms with E-state index in [1.165, 1.54) is 37.3 Å². The fourth-order valence-electron chi connectivity index (χ4n) is 1.84. The summed E-state index contributed by atoms with van der Waals surface area (Å²) in [5.74, 6) is 0. The summed E-state index contributed by atoms with van der Waals surface area (Å²) in [4.78, 5) is 0. The Morgan fingerprint density at radius 3 is 2.43 bits per heavy atom. The summed E-state index contributed by atoms with van der Waals surface area (Å²) < 4.78 is 5.90. The van der Waals surface area contributed by atoms with Crippen LogP contribution in [-0.4, -0.2) is 15.9 Å². The highest BCUT2D eigenvalue weighted by molar-refractivity contribution is 6.46. The first-order chi connectivity index (χ1) is 6.95. The molecule has 0 spiro atoms. The van der Waals surface area contributed by atoms with Crippen LogP contribution in [0.1, 0.15) is 32.1 Å². The van der Waals surface area contributed by atoms with Crippen molar-refractivity contribution in [3.8, 4) is 0 Å². The smallest absolute Gasteiger partial charge is 0.269 e. The van der Waals surface area contributed by atoms with Crippen LogP contribution in [0.25, 0.3) is 0 Å². The maximum atomic E-state index is 5.90. The number of hydrogen-bond donors (Lipinski definition) is 0. The molecular weight excluding hydrogens is 188 g/mol. The maximum Gasteiger partial charge on any atom is 0.269 e. The predicted molar refractivity (Wildman–Crippen MR) is 59.8 cm³/mol. The van der Waals surface area contributed by atoms with E-state index in [2.05, 4.69) is 30.3 Å². The Kier molecular flexibility index (Phi) is 3.77. The highest BCUT2D eigenvalue weighted by Crippen LogP contribution is 2.19. The summed E-state index contributed by atoms with van der Waals surface area (Å²) in [7, 11) is 0.535. The number of benzene rings is 1. The zero-order valence-corrected chi connectivity index (χ0v) is 9.41. The summed E-state index contributed by atoms with van der Waals surface area (Å²) in [5.41, 5.74) is 0. The van der Waals surface area contributed by atoms with Gasteiger partial charge in [0.15, 0.2) is 0 Å². The van der Waals surface area contributed by atoms with Crippen molar-refractivity contribution in [1.82, 2.24) is 0 Å². The molecule has 0 atom stereocenters. The Bertz CT molecular complexity index is 254. The number of rotatable bonds is 3. The summed E-state index contributed by atoms with van der Waals surface area (Å²) in [6, 6.07) is 10.5.